The Bertz CT molecular complexity index is 1210. The molecule has 5 rings (SSSR count). The number of aliphatic carboxylic acids is 1. The lowest BCUT2D eigenvalue weighted by atomic mass is 9.77. The highest BCUT2D eigenvalue weighted by atomic mass is 35.5. The number of rotatable bonds is 5. The topological polar surface area (TPSA) is 62.5 Å². The number of hydrogen-bond donors (Lipinski definition) is 1. The van der Waals surface area contributed by atoms with Crippen LogP contribution in [0.5, 0.6) is 0 Å². The molecule has 1 N–H and O–H groups in total. The summed E-state index contributed by atoms with van der Waals surface area (Å²) in [6.07, 6.45) is 5.48. The van der Waals surface area contributed by atoms with E-state index in [4.69, 9.17) is 11.6 Å². The summed E-state index contributed by atoms with van der Waals surface area (Å²) < 4.78 is 2.25. The van der Waals surface area contributed by atoms with Crippen molar-refractivity contribution >= 4 is 34.4 Å². The van der Waals surface area contributed by atoms with Crippen molar-refractivity contribution < 1.29 is 14.7 Å². The van der Waals surface area contributed by atoms with Gasteiger partial charge in [0.1, 0.15) is 0 Å². The molecular weight excluding hydrogens is 436 g/mol. The smallest absolute Gasteiger partial charge is 0.307 e. The zero-order valence-corrected chi connectivity index (χ0v) is 19.6. The number of para-hydroxylation sites is 1. The Morgan fingerprint density at radius 3 is 2.52 bits per heavy atom. The maximum absolute atomic E-state index is 14.0. The van der Waals surface area contributed by atoms with Crippen LogP contribution in [0.25, 0.3) is 10.9 Å². The predicted octanol–water partition coefficient (Wildman–Crippen LogP) is 5.21. The monoisotopic (exact) mass is 464 g/mol. The minimum atomic E-state index is -0.810. The van der Waals surface area contributed by atoms with E-state index in [9.17, 15) is 14.7 Å². The molecule has 0 bridgehead atoms. The number of halogens is 1. The van der Waals surface area contributed by atoms with Crippen LogP contribution in [-0.2, 0) is 34.4 Å². The molecule has 1 fully saturated rings. The number of amides is 1. The first-order chi connectivity index (χ1) is 15.9. The number of benzene rings is 2. The first-order valence-electron chi connectivity index (χ1n) is 11.7. The molecule has 1 atom stereocenters. The number of likely N-dealkylation sites (N-methyl/N-ethyl adjacent to an activating group) is 1. The molecule has 1 aliphatic carbocycles. The standard InChI is InChI=1S/C27H29ClN2O3/c1-29(26(33)27(14-4-5-15-27)18-8-10-19(28)11-9-18)20-12-13-24-22(16-25(31)32)21-6-2-3-7-23(21)30(24)17-20/h2-3,6-11,20H,4-5,12-17H2,1H3,(H,31,32). The van der Waals surface area contributed by atoms with Gasteiger partial charge >= 0.3 is 5.97 Å². The molecule has 1 aromatic heterocycles. The fraction of sp³-hybridized carbons (Fsp3) is 0.407. The van der Waals surface area contributed by atoms with Crippen LogP contribution >= 0.6 is 11.6 Å². The van der Waals surface area contributed by atoms with Gasteiger partial charge in [0, 0.05) is 41.3 Å². The van der Waals surface area contributed by atoms with Gasteiger partial charge in [-0.15, -0.1) is 0 Å². The van der Waals surface area contributed by atoms with Gasteiger partial charge in [0.05, 0.1) is 11.8 Å². The van der Waals surface area contributed by atoms with Crippen LogP contribution in [0.4, 0.5) is 0 Å². The second kappa shape index (κ2) is 8.53. The van der Waals surface area contributed by atoms with Crippen LogP contribution in [0.15, 0.2) is 48.5 Å². The Labute approximate surface area is 199 Å². The first kappa shape index (κ1) is 22.0. The number of carbonyl (C=O) groups excluding carboxylic acids is 1. The largest absolute Gasteiger partial charge is 0.481 e. The van der Waals surface area contributed by atoms with Crippen molar-refractivity contribution in [3.05, 3.63) is 70.4 Å². The van der Waals surface area contributed by atoms with Gasteiger partial charge in [-0.2, -0.15) is 0 Å². The van der Waals surface area contributed by atoms with Gasteiger partial charge in [-0.3, -0.25) is 9.59 Å². The molecule has 0 radical (unpaired) electrons. The van der Waals surface area contributed by atoms with Gasteiger partial charge in [0.2, 0.25) is 5.91 Å². The third-order valence-corrected chi connectivity index (χ3v) is 8.01. The fourth-order valence-electron chi connectivity index (χ4n) is 6.07. The van der Waals surface area contributed by atoms with Gasteiger partial charge in [-0.1, -0.05) is 54.8 Å². The van der Waals surface area contributed by atoms with E-state index in [1.54, 1.807) is 0 Å². The van der Waals surface area contributed by atoms with Crippen LogP contribution in [0.1, 0.15) is 48.9 Å². The summed E-state index contributed by atoms with van der Waals surface area (Å²) in [6, 6.07) is 15.9. The minimum absolute atomic E-state index is 0.0297. The van der Waals surface area contributed by atoms with Gasteiger partial charge in [-0.25, -0.2) is 0 Å². The van der Waals surface area contributed by atoms with E-state index >= 15 is 0 Å². The lowest BCUT2D eigenvalue weighted by Gasteiger charge is -2.39. The summed E-state index contributed by atoms with van der Waals surface area (Å²) in [5, 5.41) is 11.2. The number of aromatic nitrogens is 1. The minimum Gasteiger partial charge on any atom is -0.481 e. The Balaban J connectivity index is 1.46. The molecule has 172 valence electrons. The Morgan fingerprint density at radius 2 is 1.82 bits per heavy atom. The highest BCUT2D eigenvalue weighted by Crippen LogP contribution is 2.43. The van der Waals surface area contributed by atoms with Crippen molar-refractivity contribution in [2.75, 3.05) is 7.05 Å². The number of fused-ring (bicyclic) bond motifs is 3. The lowest BCUT2D eigenvalue weighted by molar-refractivity contribution is -0.139. The third kappa shape index (κ3) is 3.72. The molecule has 2 aromatic carbocycles. The molecule has 33 heavy (non-hydrogen) atoms. The zero-order valence-electron chi connectivity index (χ0n) is 18.9. The summed E-state index contributed by atoms with van der Waals surface area (Å²) in [4.78, 5) is 27.5. The highest BCUT2D eigenvalue weighted by molar-refractivity contribution is 6.30. The number of carboxylic acid groups (broad SMARTS) is 1. The summed E-state index contributed by atoms with van der Waals surface area (Å²) in [6.45, 7) is 0.689. The van der Waals surface area contributed by atoms with Crippen molar-refractivity contribution in [3.8, 4) is 0 Å². The van der Waals surface area contributed by atoms with Crippen molar-refractivity contribution in [2.45, 2.75) is 62.9 Å². The molecule has 1 amide bonds. The van der Waals surface area contributed by atoms with Crippen LogP contribution < -0.4 is 0 Å². The Morgan fingerprint density at radius 1 is 1.12 bits per heavy atom. The van der Waals surface area contributed by atoms with Crippen LogP contribution in [0.3, 0.4) is 0 Å². The summed E-state index contributed by atoms with van der Waals surface area (Å²) in [7, 11) is 1.94. The normalized spacial score (nSPS) is 19.4. The number of carboxylic acids is 1. The molecule has 0 spiro atoms. The van der Waals surface area contributed by atoms with E-state index in [0.717, 1.165) is 66.2 Å². The van der Waals surface area contributed by atoms with Gasteiger partial charge in [-0.05, 0) is 55.0 Å². The second-order valence-electron chi connectivity index (χ2n) is 9.53. The molecule has 1 aliphatic heterocycles. The van der Waals surface area contributed by atoms with E-state index in [-0.39, 0.29) is 18.4 Å². The molecule has 2 aliphatic rings. The SMILES string of the molecule is CN(C(=O)C1(c2ccc(Cl)cc2)CCCC1)C1CCc2c(CC(=O)O)c3ccccc3n2C1. The molecular formula is C27H29ClN2O3. The number of carbonyl (C=O) groups is 2. The second-order valence-corrected chi connectivity index (χ2v) is 9.96. The average Bonchev–Trinajstić information content (AvgIpc) is 3.43. The molecule has 1 saturated carbocycles. The highest BCUT2D eigenvalue weighted by Gasteiger charge is 2.45. The Kier molecular flexibility index (Phi) is 5.69. The van der Waals surface area contributed by atoms with Gasteiger partial charge in [0.25, 0.3) is 0 Å². The van der Waals surface area contributed by atoms with Crippen LogP contribution in [-0.4, -0.2) is 39.5 Å². The maximum Gasteiger partial charge on any atom is 0.307 e. The number of nitrogens with zero attached hydrogens (tertiary/aromatic N) is 2. The van der Waals surface area contributed by atoms with E-state index in [2.05, 4.69) is 10.6 Å². The summed E-state index contributed by atoms with van der Waals surface area (Å²) in [5.41, 5.74) is 3.66. The molecule has 2 heterocycles. The van der Waals surface area contributed by atoms with Crippen molar-refractivity contribution in [1.82, 2.24) is 9.47 Å². The summed E-state index contributed by atoms with van der Waals surface area (Å²) >= 11 is 6.12. The van der Waals surface area contributed by atoms with Crippen molar-refractivity contribution in [2.24, 2.45) is 0 Å². The fourth-order valence-corrected chi connectivity index (χ4v) is 6.20. The molecule has 3 aromatic rings. The van der Waals surface area contributed by atoms with Gasteiger partial charge < -0.3 is 14.6 Å². The van der Waals surface area contributed by atoms with Gasteiger partial charge in [0.15, 0.2) is 0 Å². The molecule has 0 saturated heterocycles. The van der Waals surface area contributed by atoms with E-state index < -0.39 is 11.4 Å². The van der Waals surface area contributed by atoms with E-state index in [0.29, 0.717) is 11.6 Å². The first-order valence-corrected chi connectivity index (χ1v) is 12.1. The zero-order chi connectivity index (χ0) is 23.2. The van der Waals surface area contributed by atoms with E-state index in [1.807, 2.05) is 54.4 Å². The van der Waals surface area contributed by atoms with Crippen LogP contribution in [0, 0.1) is 0 Å². The maximum atomic E-state index is 14.0. The van der Waals surface area contributed by atoms with Crippen molar-refractivity contribution in [1.29, 1.82) is 0 Å². The molecule has 5 nitrogen and oxygen atoms in total. The number of hydrogen-bond acceptors (Lipinski definition) is 2. The molecule has 6 heteroatoms. The van der Waals surface area contributed by atoms with Crippen LogP contribution in [0.2, 0.25) is 5.02 Å². The lowest BCUT2D eigenvalue weighted by Crippen LogP contribution is -2.50. The predicted molar refractivity (Wildman–Crippen MR) is 130 cm³/mol. The summed E-state index contributed by atoms with van der Waals surface area (Å²) in [5.74, 6) is -0.618. The van der Waals surface area contributed by atoms with Crippen molar-refractivity contribution in [3.63, 3.8) is 0 Å². The quantitative estimate of drug-likeness (QED) is 0.564. The Hall–Kier alpha value is -2.79. The van der Waals surface area contributed by atoms with E-state index in [1.165, 1.54) is 0 Å². The average molecular weight is 465 g/mol. The third-order valence-electron chi connectivity index (χ3n) is 7.76. The molecule has 1 unspecified atom stereocenters.